The van der Waals surface area contributed by atoms with Crippen LogP contribution in [0.4, 0.5) is 11.5 Å². The first-order chi connectivity index (χ1) is 13.2. The number of para-hydroxylation sites is 1. The van der Waals surface area contributed by atoms with Crippen molar-refractivity contribution in [2.75, 3.05) is 23.3 Å². The summed E-state index contributed by atoms with van der Waals surface area (Å²) in [4.78, 5) is 18.7. The number of aryl methyl sites for hydroxylation is 1. The zero-order valence-corrected chi connectivity index (χ0v) is 15.0. The molecule has 1 aromatic carbocycles. The Bertz CT molecular complexity index is 901. The standard InChI is InChI=1S/C19H20N6O2/c1-13-20-19(27-24-13)14-9-11-25(12-10-14)17-8-7-16(22-23-17)18(26)21-15-5-3-2-4-6-15/h2-8,14H,9-12H2,1H3,(H,21,26). The zero-order valence-electron chi connectivity index (χ0n) is 15.0. The largest absolute Gasteiger partial charge is 0.355 e. The number of carbonyl (C=O) groups excluding carboxylic acids is 1. The van der Waals surface area contributed by atoms with Gasteiger partial charge >= 0.3 is 0 Å². The maximum Gasteiger partial charge on any atom is 0.276 e. The molecule has 0 aliphatic carbocycles. The van der Waals surface area contributed by atoms with Gasteiger partial charge in [-0.25, -0.2) is 0 Å². The highest BCUT2D eigenvalue weighted by atomic mass is 16.5. The molecular weight excluding hydrogens is 344 g/mol. The van der Waals surface area contributed by atoms with Crippen LogP contribution in [0.2, 0.25) is 0 Å². The third-order valence-corrected chi connectivity index (χ3v) is 4.63. The number of hydrogen-bond acceptors (Lipinski definition) is 7. The highest BCUT2D eigenvalue weighted by molar-refractivity contribution is 6.02. The van der Waals surface area contributed by atoms with Crippen LogP contribution in [-0.4, -0.2) is 39.3 Å². The molecular formula is C19H20N6O2. The van der Waals surface area contributed by atoms with Crippen molar-refractivity contribution in [3.63, 3.8) is 0 Å². The summed E-state index contributed by atoms with van der Waals surface area (Å²) < 4.78 is 5.28. The van der Waals surface area contributed by atoms with E-state index in [-0.39, 0.29) is 11.8 Å². The molecule has 3 aromatic rings. The Kier molecular flexibility index (Phi) is 4.78. The molecule has 0 atom stereocenters. The summed E-state index contributed by atoms with van der Waals surface area (Å²) in [7, 11) is 0. The normalized spacial score (nSPS) is 14.9. The van der Waals surface area contributed by atoms with Gasteiger partial charge in [-0.2, -0.15) is 4.98 Å². The summed E-state index contributed by atoms with van der Waals surface area (Å²) in [6.07, 6.45) is 1.83. The molecule has 3 heterocycles. The average molecular weight is 364 g/mol. The number of rotatable bonds is 4. The van der Waals surface area contributed by atoms with Crippen molar-refractivity contribution in [1.82, 2.24) is 20.3 Å². The molecule has 1 amide bonds. The van der Waals surface area contributed by atoms with Gasteiger partial charge in [0.1, 0.15) is 0 Å². The fourth-order valence-corrected chi connectivity index (χ4v) is 3.17. The second-order valence-electron chi connectivity index (χ2n) is 6.54. The van der Waals surface area contributed by atoms with E-state index in [2.05, 4.69) is 30.6 Å². The van der Waals surface area contributed by atoms with Gasteiger partial charge in [-0.3, -0.25) is 4.79 Å². The highest BCUT2D eigenvalue weighted by Crippen LogP contribution is 2.28. The lowest BCUT2D eigenvalue weighted by molar-refractivity contribution is 0.102. The number of amides is 1. The van der Waals surface area contributed by atoms with Crippen LogP contribution >= 0.6 is 0 Å². The van der Waals surface area contributed by atoms with E-state index in [9.17, 15) is 4.79 Å². The number of nitrogens with zero attached hydrogens (tertiary/aromatic N) is 5. The van der Waals surface area contributed by atoms with E-state index >= 15 is 0 Å². The number of nitrogens with one attached hydrogen (secondary N) is 1. The summed E-state index contributed by atoms with van der Waals surface area (Å²) >= 11 is 0. The van der Waals surface area contributed by atoms with Crippen LogP contribution < -0.4 is 10.2 Å². The quantitative estimate of drug-likeness (QED) is 0.760. The Balaban J connectivity index is 1.36. The molecule has 138 valence electrons. The van der Waals surface area contributed by atoms with E-state index < -0.39 is 0 Å². The molecule has 27 heavy (non-hydrogen) atoms. The van der Waals surface area contributed by atoms with Crippen molar-refractivity contribution in [3.8, 4) is 0 Å². The van der Waals surface area contributed by atoms with Crippen LogP contribution in [0.3, 0.4) is 0 Å². The molecule has 0 bridgehead atoms. The Morgan fingerprint density at radius 2 is 1.89 bits per heavy atom. The maximum atomic E-state index is 12.3. The Labute approximate surface area is 156 Å². The Morgan fingerprint density at radius 3 is 2.52 bits per heavy atom. The molecule has 1 saturated heterocycles. The predicted molar refractivity (Wildman–Crippen MR) is 99.7 cm³/mol. The molecule has 1 aliphatic rings. The van der Waals surface area contributed by atoms with Gasteiger partial charge in [0.2, 0.25) is 5.89 Å². The molecule has 4 rings (SSSR count). The lowest BCUT2D eigenvalue weighted by atomic mass is 9.97. The third-order valence-electron chi connectivity index (χ3n) is 4.63. The van der Waals surface area contributed by atoms with Crippen LogP contribution in [0.15, 0.2) is 47.0 Å². The molecule has 8 heteroatoms. The van der Waals surface area contributed by atoms with Crippen LogP contribution in [0, 0.1) is 6.92 Å². The van der Waals surface area contributed by atoms with E-state index in [1.807, 2.05) is 43.3 Å². The molecule has 1 fully saturated rings. The summed E-state index contributed by atoms with van der Waals surface area (Å²) in [6.45, 7) is 3.49. The van der Waals surface area contributed by atoms with Crippen LogP contribution in [0.1, 0.15) is 41.0 Å². The number of anilines is 2. The number of carbonyl (C=O) groups is 1. The summed E-state index contributed by atoms with van der Waals surface area (Å²) in [5.74, 6) is 2.16. The Hall–Kier alpha value is -3.29. The van der Waals surface area contributed by atoms with Crippen molar-refractivity contribution < 1.29 is 9.32 Å². The third kappa shape index (κ3) is 3.94. The molecule has 0 spiro atoms. The fraction of sp³-hybridized carbons (Fsp3) is 0.316. The SMILES string of the molecule is Cc1noc(C2CCN(c3ccc(C(=O)Nc4ccccc4)nn3)CC2)n1. The van der Waals surface area contributed by atoms with E-state index in [1.54, 1.807) is 6.07 Å². The topological polar surface area (TPSA) is 97.0 Å². The van der Waals surface area contributed by atoms with E-state index in [0.717, 1.165) is 37.4 Å². The van der Waals surface area contributed by atoms with Gasteiger partial charge in [0, 0.05) is 24.7 Å². The van der Waals surface area contributed by atoms with Crippen molar-refractivity contribution in [2.45, 2.75) is 25.7 Å². The van der Waals surface area contributed by atoms with E-state index in [4.69, 9.17) is 4.52 Å². The first-order valence-electron chi connectivity index (χ1n) is 8.94. The molecule has 0 saturated carbocycles. The van der Waals surface area contributed by atoms with Crippen LogP contribution in [0.5, 0.6) is 0 Å². The molecule has 1 N–H and O–H groups in total. The first-order valence-corrected chi connectivity index (χ1v) is 8.94. The molecule has 8 nitrogen and oxygen atoms in total. The summed E-state index contributed by atoms with van der Waals surface area (Å²) in [6, 6.07) is 12.8. The van der Waals surface area contributed by atoms with Crippen molar-refractivity contribution in [2.24, 2.45) is 0 Å². The van der Waals surface area contributed by atoms with Gasteiger partial charge in [-0.15, -0.1) is 10.2 Å². The van der Waals surface area contributed by atoms with Gasteiger partial charge in [0.15, 0.2) is 17.3 Å². The summed E-state index contributed by atoms with van der Waals surface area (Å²) in [5.41, 5.74) is 1.02. The fourth-order valence-electron chi connectivity index (χ4n) is 3.17. The second-order valence-corrected chi connectivity index (χ2v) is 6.54. The predicted octanol–water partition coefficient (Wildman–Crippen LogP) is 2.80. The van der Waals surface area contributed by atoms with Gasteiger partial charge < -0.3 is 14.7 Å². The van der Waals surface area contributed by atoms with Gasteiger partial charge in [-0.05, 0) is 44.0 Å². The summed E-state index contributed by atoms with van der Waals surface area (Å²) in [5, 5.41) is 15.0. The van der Waals surface area contributed by atoms with E-state index in [0.29, 0.717) is 17.4 Å². The van der Waals surface area contributed by atoms with E-state index in [1.165, 1.54) is 0 Å². The minimum Gasteiger partial charge on any atom is -0.355 e. The van der Waals surface area contributed by atoms with Gasteiger partial charge in [0.05, 0.1) is 0 Å². The van der Waals surface area contributed by atoms with Gasteiger partial charge in [0.25, 0.3) is 5.91 Å². The average Bonchev–Trinajstić information content (AvgIpc) is 3.15. The molecule has 0 radical (unpaired) electrons. The second kappa shape index (κ2) is 7.53. The minimum absolute atomic E-state index is 0.272. The van der Waals surface area contributed by atoms with Gasteiger partial charge in [-0.1, -0.05) is 23.4 Å². The number of hydrogen-bond donors (Lipinski definition) is 1. The maximum absolute atomic E-state index is 12.3. The number of benzene rings is 1. The van der Waals surface area contributed by atoms with Crippen LogP contribution in [-0.2, 0) is 0 Å². The van der Waals surface area contributed by atoms with Crippen molar-refractivity contribution in [3.05, 3.63) is 59.9 Å². The monoisotopic (exact) mass is 364 g/mol. The first kappa shape index (κ1) is 17.1. The number of aromatic nitrogens is 4. The minimum atomic E-state index is -0.272. The Morgan fingerprint density at radius 1 is 1.11 bits per heavy atom. The number of piperidine rings is 1. The molecule has 2 aromatic heterocycles. The van der Waals surface area contributed by atoms with Crippen molar-refractivity contribution >= 4 is 17.4 Å². The highest BCUT2D eigenvalue weighted by Gasteiger charge is 2.25. The molecule has 0 unspecified atom stereocenters. The van der Waals surface area contributed by atoms with Crippen molar-refractivity contribution in [1.29, 1.82) is 0 Å². The molecule has 1 aliphatic heterocycles. The lowest BCUT2D eigenvalue weighted by Gasteiger charge is -2.30. The lowest BCUT2D eigenvalue weighted by Crippen LogP contribution is -2.33. The zero-order chi connectivity index (χ0) is 18.6. The smallest absolute Gasteiger partial charge is 0.276 e. The van der Waals surface area contributed by atoms with Crippen LogP contribution in [0.25, 0.3) is 0 Å².